The second kappa shape index (κ2) is 10.9. The maximum Gasteiger partial charge on any atom is 0.226 e. The third-order valence-corrected chi connectivity index (χ3v) is 7.43. The molecule has 37 heavy (non-hydrogen) atoms. The van der Waals surface area contributed by atoms with Gasteiger partial charge in [-0.05, 0) is 80.2 Å². The Morgan fingerprint density at radius 2 is 1.86 bits per heavy atom. The summed E-state index contributed by atoms with van der Waals surface area (Å²) in [5.41, 5.74) is 4.92. The molecule has 2 N–H and O–H groups in total. The molecule has 2 atom stereocenters. The van der Waals surface area contributed by atoms with Gasteiger partial charge in [0, 0.05) is 34.9 Å². The fraction of sp³-hybridized carbons (Fsp3) is 0.207. The molecule has 8 heteroatoms. The van der Waals surface area contributed by atoms with Crippen molar-refractivity contribution in [3.8, 4) is 11.3 Å². The van der Waals surface area contributed by atoms with Crippen molar-refractivity contribution in [3.63, 3.8) is 0 Å². The second-order valence-electron chi connectivity index (χ2n) is 9.17. The topological polar surface area (TPSA) is 70.4 Å². The van der Waals surface area contributed by atoms with E-state index in [-0.39, 0.29) is 24.4 Å². The van der Waals surface area contributed by atoms with E-state index < -0.39 is 0 Å². The van der Waals surface area contributed by atoms with Crippen LogP contribution in [0, 0.1) is 13.8 Å². The van der Waals surface area contributed by atoms with Crippen LogP contribution in [0.5, 0.6) is 0 Å². The van der Waals surface area contributed by atoms with Crippen LogP contribution in [0.2, 0.25) is 0 Å². The van der Waals surface area contributed by atoms with Crippen LogP contribution in [-0.2, 0) is 4.79 Å². The third-order valence-electron chi connectivity index (χ3n) is 6.42. The quantitative estimate of drug-likeness (QED) is 0.239. The zero-order chi connectivity index (χ0) is 25.9. The minimum Gasteiger partial charge on any atom is -0.459 e. The minimum atomic E-state index is -0.257. The van der Waals surface area contributed by atoms with Crippen LogP contribution in [0.4, 0.5) is 5.69 Å². The molecular formula is C29H27BrN4O2S. The first kappa shape index (κ1) is 25.2. The number of aryl methyl sites for hydroxylation is 2. The van der Waals surface area contributed by atoms with Gasteiger partial charge in [-0.2, -0.15) is 0 Å². The van der Waals surface area contributed by atoms with Gasteiger partial charge in [-0.3, -0.25) is 9.78 Å². The smallest absolute Gasteiger partial charge is 0.226 e. The van der Waals surface area contributed by atoms with Gasteiger partial charge in [-0.15, -0.1) is 0 Å². The molecule has 4 aromatic rings. The number of benzene rings is 2. The molecule has 1 amide bonds. The van der Waals surface area contributed by atoms with E-state index in [4.69, 9.17) is 16.6 Å². The Hall–Kier alpha value is -3.49. The highest BCUT2D eigenvalue weighted by molar-refractivity contribution is 9.10. The molecule has 0 unspecified atom stereocenters. The largest absolute Gasteiger partial charge is 0.459 e. The Morgan fingerprint density at radius 3 is 2.59 bits per heavy atom. The fourth-order valence-corrected chi connectivity index (χ4v) is 5.53. The number of nitrogens with zero attached hydrogens (tertiary/aromatic N) is 2. The molecule has 1 saturated heterocycles. The Morgan fingerprint density at radius 1 is 1.08 bits per heavy atom. The summed E-state index contributed by atoms with van der Waals surface area (Å²) in [4.78, 5) is 19.4. The summed E-state index contributed by atoms with van der Waals surface area (Å²) in [6.07, 6.45) is 2.05. The molecule has 1 aliphatic heterocycles. The molecule has 5 rings (SSSR count). The van der Waals surface area contributed by atoms with Crippen molar-refractivity contribution in [2.24, 2.45) is 0 Å². The fourth-order valence-electron chi connectivity index (χ4n) is 4.51. The lowest BCUT2D eigenvalue weighted by molar-refractivity contribution is -0.116. The van der Waals surface area contributed by atoms with Crippen LogP contribution in [0.25, 0.3) is 11.3 Å². The first-order valence-corrected chi connectivity index (χ1v) is 13.3. The molecule has 1 fully saturated rings. The average Bonchev–Trinajstić information content (AvgIpc) is 3.49. The normalized spacial score (nSPS) is 17.1. The molecular weight excluding hydrogens is 548 g/mol. The van der Waals surface area contributed by atoms with Gasteiger partial charge in [0.25, 0.3) is 0 Å². The number of aromatic nitrogens is 1. The summed E-state index contributed by atoms with van der Waals surface area (Å²) in [5, 5.41) is 6.95. The van der Waals surface area contributed by atoms with E-state index in [1.54, 1.807) is 6.20 Å². The minimum absolute atomic E-state index is 0.0737. The van der Waals surface area contributed by atoms with E-state index in [1.165, 1.54) is 0 Å². The number of halogens is 1. The zero-order valence-electron chi connectivity index (χ0n) is 20.6. The second-order valence-corrected chi connectivity index (χ2v) is 10.4. The van der Waals surface area contributed by atoms with E-state index in [2.05, 4.69) is 50.6 Å². The Bertz CT molecular complexity index is 1420. The van der Waals surface area contributed by atoms with Gasteiger partial charge in [0.2, 0.25) is 5.91 Å². The number of rotatable bonds is 7. The van der Waals surface area contributed by atoms with Gasteiger partial charge in [-0.1, -0.05) is 45.8 Å². The molecule has 6 nitrogen and oxygen atoms in total. The van der Waals surface area contributed by atoms with Gasteiger partial charge in [-0.25, -0.2) is 0 Å². The van der Waals surface area contributed by atoms with Crippen molar-refractivity contribution in [3.05, 3.63) is 106 Å². The molecule has 0 aliphatic carbocycles. The number of carbonyl (C=O) groups is 1. The summed E-state index contributed by atoms with van der Waals surface area (Å²) in [7, 11) is 0. The first-order valence-electron chi connectivity index (χ1n) is 12.1. The number of pyridine rings is 1. The predicted molar refractivity (Wildman–Crippen MR) is 153 cm³/mol. The molecule has 0 bridgehead atoms. The molecule has 3 heterocycles. The summed E-state index contributed by atoms with van der Waals surface area (Å²) in [6.45, 7) is 4.50. The Balaban J connectivity index is 1.40. The van der Waals surface area contributed by atoms with Gasteiger partial charge in [0.1, 0.15) is 17.6 Å². The average molecular weight is 576 g/mol. The standard InChI is InChI=1S/C29H27BrN4O2S/c1-18-6-9-20(10-7-18)32-26(35)14-16-34-28(27(33-29(34)37)23-5-3-4-15-31-23)25-13-12-24(36-25)21-11-8-19(2)17-22(21)30/h3-13,15,17,27-28H,14,16H2,1-2H3,(H,32,35)(H,33,37)/t27-,28+/m0/s1. The lowest BCUT2D eigenvalue weighted by atomic mass is 10.0. The number of amides is 1. The first-order chi connectivity index (χ1) is 17.9. The number of hydrogen-bond acceptors (Lipinski definition) is 4. The Kier molecular flexibility index (Phi) is 7.39. The number of anilines is 1. The van der Waals surface area contributed by atoms with Crippen molar-refractivity contribution < 1.29 is 9.21 Å². The van der Waals surface area contributed by atoms with Crippen LogP contribution >= 0.6 is 28.1 Å². The van der Waals surface area contributed by atoms with Gasteiger partial charge >= 0.3 is 0 Å². The zero-order valence-corrected chi connectivity index (χ0v) is 23.0. The van der Waals surface area contributed by atoms with Crippen LogP contribution in [0.1, 0.15) is 41.1 Å². The lowest BCUT2D eigenvalue weighted by Gasteiger charge is -2.25. The van der Waals surface area contributed by atoms with Crippen LogP contribution in [0.3, 0.4) is 0 Å². The SMILES string of the molecule is Cc1ccc(NC(=O)CCN2C(=S)N[C@@H](c3ccccn3)[C@H]2c2ccc(-c3ccc(C)cc3Br)o2)cc1. The molecule has 188 valence electrons. The van der Waals surface area contributed by atoms with Crippen molar-refractivity contribution in [1.29, 1.82) is 0 Å². The van der Waals surface area contributed by atoms with Gasteiger partial charge in [0.15, 0.2) is 5.11 Å². The summed E-state index contributed by atoms with van der Waals surface area (Å²) >= 11 is 9.39. The van der Waals surface area contributed by atoms with E-state index >= 15 is 0 Å². The lowest BCUT2D eigenvalue weighted by Crippen LogP contribution is -2.32. The van der Waals surface area contributed by atoms with E-state index in [0.717, 1.165) is 44.1 Å². The molecule has 2 aromatic heterocycles. The highest BCUT2D eigenvalue weighted by atomic mass is 79.9. The summed E-state index contributed by atoms with van der Waals surface area (Å²) in [5.74, 6) is 1.44. The number of nitrogens with one attached hydrogen (secondary N) is 2. The van der Waals surface area contributed by atoms with E-state index in [0.29, 0.717) is 11.7 Å². The predicted octanol–water partition coefficient (Wildman–Crippen LogP) is 6.72. The van der Waals surface area contributed by atoms with E-state index in [9.17, 15) is 4.79 Å². The number of thiocarbonyl (C=S) groups is 1. The maximum atomic E-state index is 12.8. The molecule has 1 aliphatic rings. The summed E-state index contributed by atoms with van der Waals surface area (Å²) in [6, 6.07) is 23.2. The van der Waals surface area contributed by atoms with E-state index in [1.807, 2.05) is 72.5 Å². The number of furan rings is 1. The summed E-state index contributed by atoms with van der Waals surface area (Å²) < 4.78 is 7.39. The monoisotopic (exact) mass is 574 g/mol. The number of carbonyl (C=O) groups excluding carboxylic acids is 1. The highest BCUT2D eigenvalue weighted by Gasteiger charge is 2.41. The van der Waals surface area contributed by atoms with Gasteiger partial charge in [0.05, 0.1) is 11.7 Å². The highest BCUT2D eigenvalue weighted by Crippen LogP contribution is 2.41. The molecule has 0 radical (unpaired) electrons. The van der Waals surface area contributed by atoms with Crippen LogP contribution < -0.4 is 10.6 Å². The van der Waals surface area contributed by atoms with Crippen LogP contribution in [-0.4, -0.2) is 27.4 Å². The van der Waals surface area contributed by atoms with Crippen molar-refractivity contribution in [2.75, 3.05) is 11.9 Å². The van der Waals surface area contributed by atoms with Gasteiger partial charge < -0.3 is 20.0 Å². The van der Waals surface area contributed by atoms with Crippen molar-refractivity contribution in [2.45, 2.75) is 32.4 Å². The van der Waals surface area contributed by atoms with Crippen molar-refractivity contribution >= 4 is 44.9 Å². The molecule has 0 saturated carbocycles. The maximum absolute atomic E-state index is 12.8. The van der Waals surface area contributed by atoms with Crippen LogP contribution in [0.15, 0.2) is 87.9 Å². The third kappa shape index (κ3) is 5.60. The molecule has 2 aromatic carbocycles. The molecule has 0 spiro atoms. The number of hydrogen-bond donors (Lipinski definition) is 2. The Labute approximate surface area is 230 Å². The van der Waals surface area contributed by atoms with Crippen molar-refractivity contribution in [1.82, 2.24) is 15.2 Å².